The molecule has 0 saturated heterocycles. The van der Waals surface area contributed by atoms with Gasteiger partial charge in [0, 0.05) is 6.54 Å². The molecule has 6 heteroatoms. The first-order chi connectivity index (χ1) is 8.33. The van der Waals surface area contributed by atoms with Gasteiger partial charge in [-0.05, 0) is 17.9 Å². The van der Waals surface area contributed by atoms with E-state index in [1.165, 1.54) is 5.56 Å². The lowest BCUT2D eigenvalue weighted by Crippen LogP contribution is -2.12. The summed E-state index contributed by atoms with van der Waals surface area (Å²) in [5.41, 5.74) is 2.18. The number of hydrogen-bond acceptors (Lipinski definition) is 6. The van der Waals surface area contributed by atoms with Crippen molar-refractivity contribution in [2.45, 2.75) is 6.92 Å². The first-order valence-corrected chi connectivity index (χ1v) is 6.32. The van der Waals surface area contributed by atoms with Crippen LogP contribution >= 0.6 is 11.3 Å². The van der Waals surface area contributed by atoms with Gasteiger partial charge in [0.05, 0.1) is 30.0 Å². The second kappa shape index (κ2) is 5.90. The third-order valence-corrected chi connectivity index (χ3v) is 3.40. The Bertz CT molecular complexity index is 487. The molecule has 0 aliphatic rings. The number of aliphatic hydroxyl groups is 1. The summed E-state index contributed by atoms with van der Waals surface area (Å²) >= 11 is 1.64. The predicted molar refractivity (Wildman–Crippen MR) is 68.5 cm³/mol. The Hall–Kier alpha value is -1.24. The van der Waals surface area contributed by atoms with Gasteiger partial charge in [0.25, 0.3) is 0 Å². The molecule has 0 fully saturated rings. The highest BCUT2D eigenvalue weighted by molar-refractivity contribution is 7.18. The van der Waals surface area contributed by atoms with E-state index in [1.54, 1.807) is 17.7 Å². The van der Waals surface area contributed by atoms with E-state index in [4.69, 9.17) is 9.84 Å². The minimum Gasteiger partial charge on any atom is -0.394 e. The molecule has 5 nitrogen and oxygen atoms in total. The fraction of sp³-hybridized carbons (Fsp3) is 0.455. The molecule has 0 unspecified atom stereocenters. The number of aliphatic hydroxyl groups excluding tert-OH is 1. The first kappa shape index (κ1) is 12.2. The first-order valence-electron chi connectivity index (χ1n) is 5.44. The lowest BCUT2D eigenvalue weighted by molar-refractivity contribution is 0.0992. The Morgan fingerprint density at radius 2 is 2.29 bits per heavy atom. The predicted octanol–water partition coefficient (Wildman–Crippen LogP) is 1.42. The summed E-state index contributed by atoms with van der Waals surface area (Å²) in [5, 5.41) is 13.9. The number of hydrogen-bond donors (Lipinski definition) is 2. The van der Waals surface area contributed by atoms with Crippen LogP contribution in [0.2, 0.25) is 0 Å². The molecule has 0 saturated carbocycles. The van der Waals surface area contributed by atoms with Crippen LogP contribution in [-0.2, 0) is 4.74 Å². The number of aryl methyl sites for hydroxylation is 1. The topological polar surface area (TPSA) is 67.3 Å². The zero-order chi connectivity index (χ0) is 12.1. The van der Waals surface area contributed by atoms with Gasteiger partial charge in [-0.15, -0.1) is 11.3 Å². The molecule has 0 aromatic carbocycles. The summed E-state index contributed by atoms with van der Waals surface area (Å²) < 4.78 is 6.25. The number of fused-ring (bicyclic) bond motifs is 1. The average Bonchev–Trinajstić information content (AvgIpc) is 2.72. The van der Waals surface area contributed by atoms with Crippen molar-refractivity contribution in [3.63, 3.8) is 0 Å². The van der Waals surface area contributed by atoms with E-state index < -0.39 is 0 Å². The van der Waals surface area contributed by atoms with E-state index in [0.717, 1.165) is 16.0 Å². The molecule has 0 bridgehead atoms. The van der Waals surface area contributed by atoms with Crippen molar-refractivity contribution >= 4 is 27.4 Å². The Labute approximate surface area is 103 Å². The number of rotatable bonds is 6. The van der Waals surface area contributed by atoms with E-state index in [9.17, 15) is 0 Å². The Balaban J connectivity index is 1.99. The largest absolute Gasteiger partial charge is 0.394 e. The van der Waals surface area contributed by atoms with Gasteiger partial charge in [-0.3, -0.25) is 0 Å². The second-order valence-corrected chi connectivity index (χ2v) is 4.46. The summed E-state index contributed by atoms with van der Waals surface area (Å²) in [6, 6.07) is 0. The van der Waals surface area contributed by atoms with E-state index in [0.29, 0.717) is 19.8 Å². The normalized spacial score (nSPS) is 10.9. The fourth-order valence-electron chi connectivity index (χ4n) is 1.50. The van der Waals surface area contributed by atoms with Crippen LogP contribution in [0.1, 0.15) is 5.56 Å². The average molecular weight is 253 g/mol. The van der Waals surface area contributed by atoms with E-state index >= 15 is 0 Å². The van der Waals surface area contributed by atoms with Gasteiger partial charge in [0.15, 0.2) is 0 Å². The zero-order valence-corrected chi connectivity index (χ0v) is 10.5. The van der Waals surface area contributed by atoms with Gasteiger partial charge in [0.2, 0.25) is 0 Å². The quantitative estimate of drug-likeness (QED) is 0.762. The van der Waals surface area contributed by atoms with Gasteiger partial charge < -0.3 is 15.2 Å². The van der Waals surface area contributed by atoms with Crippen LogP contribution in [0.15, 0.2) is 11.7 Å². The summed E-state index contributed by atoms with van der Waals surface area (Å²) in [6.07, 6.45) is 1.57. The Kier molecular flexibility index (Phi) is 4.24. The van der Waals surface area contributed by atoms with Crippen LogP contribution in [0.25, 0.3) is 10.2 Å². The van der Waals surface area contributed by atoms with Crippen molar-refractivity contribution in [3.8, 4) is 0 Å². The molecule has 2 heterocycles. The number of nitrogens with one attached hydrogen (secondary N) is 1. The van der Waals surface area contributed by atoms with Gasteiger partial charge in [-0.2, -0.15) is 0 Å². The molecule has 0 atom stereocenters. The molecule has 0 amide bonds. The number of ether oxygens (including phenoxy) is 1. The highest BCUT2D eigenvalue weighted by Crippen LogP contribution is 2.28. The third kappa shape index (κ3) is 2.91. The number of thiophene rings is 1. The van der Waals surface area contributed by atoms with Crippen molar-refractivity contribution < 1.29 is 9.84 Å². The van der Waals surface area contributed by atoms with Gasteiger partial charge >= 0.3 is 0 Å². The summed E-state index contributed by atoms with van der Waals surface area (Å²) in [6.45, 7) is 3.69. The molecule has 0 spiro atoms. The molecule has 0 aliphatic carbocycles. The van der Waals surface area contributed by atoms with Crippen molar-refractivity contribution in [3.05, 3.63) is 17.3 Å². The monoisotopic (exact) mass is 253 g/mol. The summed E-state index contributed by atoms with van der Waals surface area (Å²) in [4.78, 5) is 8.48. The minimum absolute atomic E-state index is 0.0574. The Morgan fingerprint density at radius 3 is 3.12 bits per heavy atom. The molecule has 2 rings (SSSR count). The molecule has 92 valence electrons. The fourth-order valence-corrected chi connectivity index (χ4v) is 2.47. The highest BCUT2D eigenvalue weighted by Gasteiger charge is 2.06. The van der Waals surface area contributed by atoms with E-state index in [-0.39, 0.29) is 6.61 Å². The molecule has 2 aromatic heterocycles. The van der Waals surface area contributed by atoms with Crippen LogP contribution in [-0.4, -0.2) is 41.4 Å². The smallest absolute Gasteiger partial charge is 0.147 e. The number of anilines is 1. The van der Waals surface area contributed by atoms with Crippen molar-refractivity contribution in [2.24, 2.45) is 0 Å². The highest BCUT2D eigenvalue weighted by atomic mass is 32.1. The van der Waals surface area contributed by atoms with Crippen LogP contribution in [0.3, 0.4) is 0 Å². The van der Waals surface area contributed by atoms with Crippen LogP contribution in [0.5, 0.6) is 0 Å². The molecule has 0 aliphatic heterocycles. The number of nitrogens with zero attached hydrogens (tertiary/aromatic N) is 2. The molecule has 0 radical (unpaired) electrons. The van der Waals surface area contributed by atoms with Crippen LogP contribution < -0.4 is 5.32 Å². The van der Waals surface area contributed by atoms with Crippen LogP contribution in [0, 0.1) is 6.92 Å². The Morgan fingerprint density at radius 1 is 1.41 bits per heavy atom. The van der Waals surface area contributed by atoms with Gasteiger partial charge in [-0.1, -0.05) is 0 Å². The summed E-state index contributed by atoms with van der Waals surface area (Å²) in [5.74, 6) is 0.848. The molecular weight excluding hydrogens is 238 g/mol. The maximum atomic E-state index is 8.56. The van der Waals surface area contributed by atoms with E-state index in [2.05, 4.69) is 20.7 Å². The number of aromatic nitrogens is 2. The minimum atomic E-state index is 0.0574. The molecule has 2 N–H and O–H groups in total. The maximum absolute atomic E-state index is 8.56. The van der Waals surface area contributed by atoms with Crippen molar-refractivity contribution in [1.29, 1.82) is 0 Å². The third-order valence-electron chi connectivity index (χ3n) is 2.31. The van der Waals surface area contributed by atoms with Crippen LogP contribution in [0.4, 0.5) is 5.82 Å². The van der Waals surface area contributed by atoms with E-state index in [1.807, 2.05) is 6.92 Å². The van der Waals surface area contributed by atoms with Gasteiger partial charge in [-0.25, -0.2) is 9.97 Å². The maximum Gasteiger partial charge on any atom is 0.147 e. The standard InChI is InChI=1S/C11H15N3O2S/c1-8-6-17-10-9(8)13-7-14-11(10)12-2-4-16-5-3-15/h6-7,15H,2-5H2,1H3,(H,12,13,14). The molecule has 2 aromatic rings. The SMILES string of the molecule is Cc1csc2c(NCCOCCO)ncnc12. The van der Waals surface area contributed by atoms with Crippen molar-refractivity contribution in [2.75, 3.05) is 31.7 Å². The molecule has 17 heavy (non-hydrogen) atoms. The van der Waals surface area contributed by atoms with Crippen molar-refractivity contribution in [1.82, 2.24) is 9.97 Å². The zero-order valence-electron chi connectivity index (χ0n) is 9.64. The lowest BCUT2D eigenvalue weighted by atomic mass is 10.3. The van der Waals surface area contributed by atoms with Gasteiger partial charge in [0.1, 0.15) is 12.1 Å². The second-order valence-electron chi connectivity index (χ2n) is 3.58. The molecular formula is C11H15N3O2S. The lowest BCUT2D eigenvalue weighted by Gasteiger charge is -2.06. The summed E-state index contributed by atoms with van der Waals surface area (Å²) in [7, 11) is 0.